The molecule has 0 radical (unpaired) electrons. The third-order valence-electron chi connectivity index (χ3n) is 1.36. The predicted molar refractivity (Wildman–Crippen MR) is 61.9 cm³/mol. The molecular formula is C8H5BrClIO. The van der Waals surface area contributed by atoms with Gasteiger partial charge in [0.2, 0.25) is 0 Å². The Morgan fingerprint density at radius 2 is 2.25 bits per heavy atom. The molecule has 1 aromatic rings. The Hall–Kier alpha value is 0.390. The molecule has 0 atom stereocenters. The molecule has 1 rings (SSSR count). The lowest BCUT2D eigenvalue weighted by atomic mass is 10.1. The highest BCUT2D eigenvalue weighted by Gasteiger charge is 2.11. The quantitative estimate of drug-likeness (QED) is 0.449. The van der Waals surface area contributed by atoms with Crippen molar-refractivity contribution in [3.63, 3.8) is 0 Å². The van der Waals surface area contributed by atoms with Crippen molar-refractivity contribution in [1.29, 1.82) is 0 Å². The van der Waals surface area contributed by atoms with Crippen molar-refractivity contribution in [2.24, 2.45) is 0 Å². The smallest absolute Gasteiger partial charge is 0.179 e. The maximum absolute atomic E-state index is 11.3. The summed E-state index contributed by atoms with van der Waals surface area (Å²) in [5, 5.41) is 0. The summed E-state index contributed by atoms with van der Waals surface area (Å²) in [7, 11) is 0. The molecule has 0 spiro atoms. The zero-order valence-electron chi connectivity index (χ0n) is 5.98. The van der Waals surface area contributed by atoms with Crippen molar-refractivity contribution in [1.82, 2.24) is 0 Å². The molecule has 0 aliphatic carbocycles. The van der Waals surface area contributed by atoms with Gasteiger partial charge >= 0.3 is 0 Å². The SMILES string of the molecule is O=C(CCl)c1c(Br)cccc1I. The van der Waals surface area contributed by atoms with Crippen LogP contribution in [0, 0.1) is 3.57 Å². The van der Waals surface area contributed by atoms with Crippen LogP contribution in [-0.4, -0.2) is 11.7 Å². The van der Waals surface area contributed by atoms with E-state index in [1.807, 2.05) is 18.2 Å². The van der Waals surface area contributed by atoms with E-state index in [1.165, 1.54) is 0 Å². The molecule has 0 bridgehead atoms. The second-order valence-electron chi connectivity index (χ2n) is 2.15. The summed E-state index contributed by atoms with van der Waals surface area (Å²) in [6.07, 6.45) is 0. The molecule has 12 heavy (non-hydrogen) atoms. The summed E-state index contributed by atoms with van der Waals surface area (Å²) < 4.78 is 1.73. The normalized spacial score (nSPS) is 9.92. The van der Waals surface area contributed by atoms with Gasteiger partial charge in [0.25, 0.3) is 0 Å². The molecule has 0 saturated heterocycles. The fourth-order valence-electron chi connectivity index (χ4n) is 0.831. The van der Waals surface area contributed by atoms with E-state index in [0.717, 1.165) is 8.04 Å². The van der Waals surface area contributed by atoms with E-state index < -0.39 is 0 Å². The highest BCUT2D eigenvalue weighted by Crippen LogP contribution is 2.22. The maximum atomic E-state index is 11.3. The summed E-state index contributed by atoms with van der Waals surface area (Å²) >= 11 is 10.9. The van der Waals surface area contributed by atoms with E-state index in [0.29, 0.717) is 5.56 Å². The molecule has 64 valence electrons. The fraction of sp³-hybridized carbons (Fsp3) is 0.125. The second kappa shape index (κ2) is 4.58. The first-order valence-electron chi connectivity index (χ1n) is 3.20. The minimum atomic E-state index is -0.0476. The van der Waals surface area contributed by atoms with Gasteiger partial charge in [0.05, 0.1) is 5.88 Å². The average molecular weight is 359 g/mol. The molecule has 1 nitrogen and oxygen atoms in total. The van der Waals surface area contributed by atoms with Crippen molar-refractivity contribution >= 4 is 55.9 Å². The molecule has 0 unspecified atom stereocenters. The molecule has 0 fully saturated rings. The van der Waals surface area contributed by atoms with E-state index in [2.05, 4.69) is 38.5 Å². The number of carbonyl (C=O) groups is 1. The lowest BCUT2D eigenvalue weighted by molar-refractivity contribution is 0.101. The summed E-state index contributed by atoms with van der Waals surface area (Å²) in [5.41, 5.74) is 0.674. The lowest BCUT2D eigenvalue weighted by Crippen LogP contribution is -2.03. The fourth-order valence-corrected chi connectivity index (χ4v) is 2.72. The summed E-state index contributed by atoms with van der Waals surface area (Å²) in [6, 6.07) is 5.60. The second-order valence-corrected chi connectivity index (χ2v) is 4.44. The van der Waals surface area contributed by atoms with Crippen LogP contribution in [0.15, 0.2) is 22.7 Å². The Morgan fingerprint density at radius 3 is 2.75 bits per heavy atom. The number of Topliss-reactive ketones (excluding diaryl/α,β-unsaturated/α-hetero) is 1. The van der Waals surface area contributed by atoms with Crippen molar-refractivity contribution in [2.45, 2.75) is 0 Å². The van der Waals surface area contributed by atoms with Crippen molar-refractivity contribution < 1.29 is 4.79 Å². The third-order valence-corrected chi connectivity index (χ3v) is 3.17. The van der Waals surface area contributed by atoms with Gasteiger partial charge in [0, 0.05) is 13.6 Å². The van der Waals surface area contributed by atoms with Crippen LogP contribution in [0.2, 0.25) is 0 Å². The minimum absolute atomic E-state index is 0.0264. The molecule has 4 heteroatoms. The van der Waals surface area contributed by atoms with Gasteiger partial charge in [-0.1, -0.05) is 22.0 Å². The number of ketones is 1. The Bertz CT molecular complexity index is 294. The number of hydrogen-bond donors (Lipinski definition) is 0. The van der Waals surface area contributed by atoms with Crippen LogP contribution in [0.5, 0.6) is 0 Å². The van der Waals surface area contributed by atoms with Crippen LogP contribution in [-0.2, 0) is 0 Å². The predicted octanol–water partition coefficient (Wildman–Crippen LogP) is 3.48. The molecule has 0 saturated carbocycles. The van der Waals surface area contributed by atoms with E-state index in [4.69, 9.17) is 11.6 Å². The number of carbonyl (C=O) groups excluding carboxylic acids is 1. The topological polar surface area (TPSA) is 17.1 Å². The van der Waals surface area contributed by atoms with Gasteiger partial charge in [-0.15, -0.1) is 11.6 Å². The Morgan fingerprint density at radius 1 is 1.58 bits per heavy atom. The van der Waals surface area contributed by atoms with Crippen molar-refractivity contribution in [2.75, 3.05) is 5.88 Å². The maximum Gasteiger partial charge on any atom is 0.179 e. The standard InChI is InChI=1S/C8H5BrClIO/c9-5-2-1-3-6(11)8(5)7(12)4-10/h1-3H,4H2. The number of alkyl halides is 1. The van der Waals surface area contributed by atoms with Crippen LogP contribution in [0.4, 0.5) is 0 Å². The van der Waals surface area contributed by atoms with Crippen molar-refractivity contribution in [3.05, 3.63) is 31.8 Å². The van der Waals surface area contributed by atoms with Crippen molar-refractivity contribution in [3.8, 4) is 0 Å². The summed E-state index contributed by atoms with van der Waals surface area (Å²) in [5.74, 6) is -0.0212. The Labute approximate surface area is 97.8 Å². The number of rotatable bonds is 2. The van der Waals surface area contributed by atoms with Gasteiger partial charge in [0.15, 0.2) is 5.78 Å². The molecule has 0 heterocycles. The van der Waals surface area contributed by atoms with Gasteiger partial charge in [-0.25, -0.2) is 0 Å². The van der Waals surface area contributed by atoms with Gasteiger partial charge < -0.3 is 0 Å². The van der Waals surface area contributed by atoms with Crippen LogP contribution < -0.4 is 0 Å². The number of benzene rings is 1. The largest absolute Gasteiger partial charge is 0.293 e. The van der Waals surface area contributed by atoms with Gasteiger partial charge in [0.1, 0.15) is 0 Å². The molecule has 0 amide bonds. The molecule has 1 aromatic carbocycles. The first-order chi connectivity index (χ1) is 5.66. The van der Waals surface area contributed by atoms with Crippen LogP contribution in [0.3, 0.4) is 0 Å². The molecule has 0 aliphatic heterocycles. The first-order valence-corrected chi connectivity index (χ1v) is 5.60. The lowest BCUT2D eigenvalue weighted by Gasteiger charge is -2.02. The van der Waals surface area contributed by atoms with Gasteiger partial charge in [-0.05, 0) is 34.7 Å². The molecule has 0 aliphatic rings. The summed E-state index contributed by atoms with van der Waals surface area (Å²) in [4.78, 5) is 11.3. The zero-order chi connectivity index (χ0) is 9.14. The zero-order valence-corrected chi connectivity index (χ0v) is 10.5. The Balaban J connectivity index is 3.21. The van der Waals surface area contributed by atoms with Crippen LogP contribution >= 0.6 is 50.1 Å². The number of halogens is 3. The van der Waals surface area contributed by atoms with Gasteiger partial charge in [-0.3, -0.25) is 4.79 Å². The van der Waals surface area contributed by atoms with Gasteiger partial charge in [-0.2, -0.15) is 0 Å². The number of hydrogen-bond acceptors (Lipinski definition) is 1. The first kappa shape index (κ1) is 10.5. The highest BCUT2D eigenvalue weighted by atomic mass is 127. The van der Waals surface area contributed by atoms with E-state index in [1.54, 1.807) is 0 Å². The Kier molecular flexibility index (Phi) is 3.99. The van der Waals surface area contributed by atoms with E-state index in [-0.39, 0.29) is 11.7 Å². The minimum Gasteiger partial charge on any atom is -0.293 e. The van der Waals surface area contributed by atoms with E-state index in [9.17, 15) is 4.79 Å². The van der Waals surface area contributed by atoms with E-state index >= 15 is 0 Å². The molecule has 0 N–H and O–H groups in total. The monoisotopic (exact) mass is 358 g/mol. The third kappa shape index (κ3) is 2.20. The highest BCUT2D eigenvalue weighted by molar-refractivity contribution is 14.1. The summed E-state index contributed by atoms with van der Waals surface area (Å²) in [6.45, 7) is 0. The molecular weight excluding hydrogens is 354 g/mol. The van der Waals surface area contributed by atoms with Crippen LogP contribution in [0.1, 0.15) is 10.4 Å². The molecule has 0 aromatic heterocycles. The van der Waals surface area contributed by atoms with Crippen LogP contribution in [0.25, 0.3) is 0 Å². The average Bonchev–Trinajstić information content (AvgIpc) is 2.03.